The van der Waals surface area contributed by atoms with E-state index >= 15 is 0 Å². The molecule has 0 aromatic carbocycles. The molecule has 0 saturated heterocycles. The van der Waals surface area contributed by atoms with Crippen molar-refractivity contribution in [1.29, 1.82) is 0 Å². The maximum Gasteiger partial charge on any atom is 0.277 e. The molecule has 2 aliphatic carbocycles. The molecule has 23 heavy (non-hydrogen) atoms. The SMILES string of the molecule is CCCn1c(C2CC3CCC2C3)nc2nc(SCC)[nH]c(=O)c21. The van der Waals surface area contributed by atoms with Crippen LogP contribution in [0.15, 0.2) is 9.95 Å². The third-order valence-corrected chi connectivity index (χ3v) is 6.18. The molecule has 0 spiro atoms. The summed E-state index contributed by atoms with van der Waals surface area (Å²) in [5.41, 5.74) is 1.27. The highest BCUT2D eigenvalue weighted by molar-refractivity contribution is 7.99. The summed E-state index contributed by atoms with van der Waals surface area (Å²) in [6, 6.07) is 0. The molecule has 4 rings (SSSR count). The molecule has 0 amide bonds. The second-order valence-corrected chi connectivity index (χ2v) is 8.13. The Labute approximate surface area is 140 Å². The first kappa shape index (κ1) is 15.2. The molecule has 2 saturated carbocycles. The van der Waals surface area contributed by atoms with Crippen LogP contribution in [0, 0.1) is 11.8 Å². The van der Waals surface area contributed by atoms with Crippen LogP contribution >= 0.6 is 11.8 Å². The van der Waals surface area contributed by atoms with Gasteiger partial charge in [0, 0.05) is 12.5 Å². The van der Waals surface area contributed by atoms with Gasteiger partial charge in [0.2, 0.25) is 0 Å². The van der Waals surface area contributed by atoms with Gasteiger partial charge in [-0.2, -0.15) is 0 Å². The first-order valence-corrected chi connectivity index (χ1v) is 9.83. The Morgan fingerprint density at radius 2 is 2.13 bits per heavy atom. The van der Waals surface area contributed by atoms with Gasteiger partial charge in [0.1, 0.15) is 5.82 Å². The third-order valence-electron chi connectivity index (χ3n) is 5.42. The quantitative estimate of drug-likeness (QED) is 0.672. The van der Waals surface area contributed by atoms with Crippen molar-refractivity contribution in [2.45, 2.75) is 63.6 Å². The molecule has 3 atom stereocenters. The average Bonchev–Trinajstić information content (AvgIpc) is 3.21. The van der Waals surface area contributed by atoms with E-state index in [0.29, 0.717) is 22.2 Å². The molecule has 1 N–H and O–H groups in total. The van der Waals surface area contributed by atoms with Crippen LogP contribution in [-0.2, 0) is 6.54 Å². The van der Waals surface area contributed by atoms with Gasteiger partial charge in [-0.15, -0.1) is 0 Å². The van der Waals surface area contributed by atoms with Crippen molar-refractivity contribution in [2.24, 2.45) is 11.8 Å². The standard InChI is InChI=1S/C17H24N4OS/c1-3-7-21-13-14(19-17(23-4-2)20-16(13)22)18-15(21)12-9-10-5-6-11(12)8-10/h10-12H,3-9H2,1-2H3,(H,19,20,22). The van der Waals surface area contributed by atoms with E-state index in [1.54, 1.807) is 11.8 Å². The smallest absolute Gasteiger partial charge is 0.277 e. The predicted molar refractivity (Wildman–Crippen MR) is 93.0 cm³/mol. The first-order valence-electron chi connectivity index (χ1n) is 8.84. The van der Waals surface area contributed by atoms with Crippen molar-refractivity contribution in [3.05, 3.63) is 16.2 Å². The monoisotopic (exact) mass is 332 g/mol. The molecule has 0 radical (unpaired) electrons. The van der Waals surface area contributed by atoms with Gasteiger partial charge in [-0.25, -0.2) is 9.97 Å². The van der Waals surface area contributed by atoms with Crippen LogP contribution in [0.4, 0.5) is 0 Å². The highest BCUT2D eigenvalue weighted by Crippen LogP contribution is 2.52. The van der Waals surface area contributed by atoms with Gasteiger partial charge in [0.05, 0.1) is 0 Å². The van der Waals surface area contributed by atoms with Gasteiger partial charge >= 0.3 is 0 Å². The molecular formula is C17H24N4OS. The molecule has 2 fully saturated rings. The Balaban J connectivity index is 1.84. The maximum atomic E-state index is 12.6. The highest BCUT2D eigenvalue weighted by Gasteiger charge is 2.42. The lowest BCUT2D eigenvalue weighted by Gasteiger charge is -2.22. The lowest BCUT2D eigenvalue weighted by Crippen LogP contribution is -2.18. The van der Waals surface area contributed by atoms with Gasteiger partial charge in [0.25, 0.3) is 5.56 Å². The molecular weight excluding hydrogens is 308 g/mol. The van der Waals surface area contributed by atoms with Crippen molar-refractivity contribution in [1.82, 2.24) is 19.5 Å². The summed E-state index contributed by atoms with van der Waals surface area (Å²) in [5.74, 6) is 4.17. The van der Waals surface area contributed by atoms with Gasteiger partial charge in [0.15, 0.2) is 16.3 Å². The topological polar surface area (TPSA) is 63.6 Å². The summed E-state index contributed by atoms with van der Waals surface area (Å²) in [7, 11) is 0. The zero-order valence-electron chi connectivity index (χ0n) is 13.8. The van der Waals surface area contributed by atoms with E-state index in [1.807, 2.05) is 0 Å². The van der Waals surface area contributed by atoms with E-state index in [0.717, 1.165) is 36.4 Å². The summed E-state index contributed by atoms with van der Waals surface area (Å²) in [5, 5.41) is 0.686. The number of aromatic amines is 1. The molecule has 6 heteroatoms. The van der Waals surface area contributed by atoms with E-state index in [1.165, 1.54) is 25.7 Å². The predicted octanol–water partition coefficient (Wildman–Crippen LogP) is 3.55. The molecule has 2 bridgehead atoms. The number of imidazole rings is 1. The number of nitrogens with zero attached hydrogens (tertiary/aromatic N) is 3. The number of hydrogen-bond donors (Lipinski definition) is 1. The van der Waals surface area contributed by atoms with E-state index in [9.17, 15) is 4.79 Å². The number of fused-ring (bicyclic) bond motifs is 3. The first-order chi connectivity index (χ1) is 11.2. The second-order valence-electron chi connectivity index (χ2n) is 6.88. The summed E-state index contributed by atoms with van der Waals surface area (Å²) in [6.45, 7) is 5.06. The number of H-pyrrole nitrogens is 1. The lowest BCUT2D eigenvalue weighted by atomic mass is 9.88. The van der Waals surface area contributed by atoms with Crippen molar-refractivity contribution >= 4 is 22.9 Å². The summed E-state index contributed by atoms with van der Waals surface area (Å²) < 4.78 is 2.16. The number of rotatable bonds is 5. The largest absolute Gasteiger partial charge is 0.322 e. The summed E-state index contributed by atoms with van der Waals surface area (Å²) in [4.78, 5) is 25.0. The Morgan fingerprint density at radius 3 is 2.78 bits per heavy atom. The van der Waals surface area contributed by atoms with Crippen LogP contribution in [0.5, 0.6) is 0 Å². The van der Waals surface area contributed by atoms with E-state index in [4.69, 9.17) is 4.98 Å². The van der Waals surface area contributed by atoms with Gasteiger partial charge in [-0.3, -0.25) is 9.78 Å². The Kier molecular flexibility index (Phi) is 3.95. The molecule has 2 aliphatic rings. The van der Waals surface area contributed by atoms with E-state index in [-0.39, 0.29) is 5.56 Å². The zero-order valence-corrected chi connectivity index (χ0v) is 14.7. The van der Waals surface area contributed by atoms with Gasteiger partial charge < -0.3 is 4.57 Å². The molecule has 3 unspecified atom stereocenters. The van der Waals surface area contributed by atoms with Crippen molar-refractivity contribution in [3.8, 4) is 0 Å². The fraction of sp³-hybridized carbons (Fsp3) is 0.706. The normalized spacial score (nSPS) is 26.4. The minimum atomic E-state index is -0.0405. The van der Waals surface area contributed by atoms with Crippen LogP contribution in [0.1, 0.15) is 57.7 Å². The fourth-order valence-electron chi connectivity index (χ4n) is 4.54. The third kappa shape index (κ3) is 2.51. The average molecular weight is 332 g/mol. The number of nitrogens with one attached hydrogen (secondary N) is 1. The van der Waals surface area contributed by atoms with Crippen molar-refractivity contribution in [3.63, 3.8) is 0 Å². The zero-order chi connectivity index (χ0) is 16.0. The van der Waals surface area contributed by atoms with Gasteiger partial charge in [-0.1, -0.05) is 32.0 Å². The fourth-order valence-corrected chi connectivity index (χ4v) is 5.13. The Bertz CT molecular complexity index is 781. The van der Waals surface area contributed by atoms with Gasteiger partial charge in [-0.05, 0) is 43.3 Å². The van der Waals surface area contributed by atoms with Crippen molar-refractivity contribution < 1.29 is 0 Å². The minimum absolute atomic E-state index is 0.0405. The summed E-state index contributed by atoms with van der Waals surface area (Å²) in [6.07, 6.45) is 6.30. The molecule has 5 nitrogen and oxygen atoms in total. The second kappa shape index (κ2) is 5.96. The number of thioether (sulfide) groups is 1. The Hall–Kier alpha value is -1.30. The van der Waals surface area contributed by atoms with Crippen LogP contribution in [0.3, 0.4) is 0 Å². The molecule has 2 aromatic heterocycles. The van der Waals surface area contributed by atoms with Crippen LogP contribution in [-0.4, -0.2) is 25.3 Å². The lowest BCUT2D eigenvalue weighted by molar-refractivity contribution is 0.394. The Morgan fingerprint density at radius 1 is 1.26 bits per heavy atom. The molecule has 2 heterocycles. The van der Waals surface area contributed by atoms with Crippen LogP contribution in [0.2, 0.25) is 0 Å². The maximum absolute atomic E-state index is 12.6. The number of aromatic nitrogens is 4. The number of hydrogen-bond acceptors (Lipinski definition) is 4. The summed E-state index contributed by atoms with van der Waals surface area (Å²) >= 11 is 1.56. The van der Waals surface area contributed by atoms with Crippen molar-refractivity contribution in [2.75, 3.05) is 5.75 Å². The van der Waals surface area contributed by atoms with E-state index < -0.39 is 0 Å². The molecule has 0 aliphatic heterocycles. The van der Waals surface area contributed by atoms with E-state index in [2.05, 4.69) is 28.4 Å². The minimum Gasteiger partial charge on any atom is -0.322 e. The van der Waals surface area contributed by atoms with Crippen LogP contribution in [0.25, 0.3) is 11.2 Å². The highest BCUT2D eigenvalue weighted by atomic mass is 32.2. The molecule has 2 aromatic rings. The van der Waals surface area contributed by atoms with Crippen LogP contribution < -0.4 is 5.56 Å². The number of aryl methyl sites for hydroxylation is 1. The molecule has 124 valence electrons.